The summed E-state index contributed by atoms with van der Waals surface area (Å²) in [6.45, 7) is 0. The molecule has 0 unspecified atom stereocenters. The fourth-order valence-corrected chi connectivity index (χ4v) is 1.93. The van der Waals surface area contributed by atoms with E-state index in [1.165, 1.54) is 0 Å². The zero-order valence-corrected chi connectivity index (χ0v) is 8.25. The molecule has 1 aromatic rings. The van der Waals surface area contributed by atoms with Crippen LogP contribution in [0.2, 0.25) is 0 Å². The standard InChI is InChI=1S/C9H13F2N3O/c10-6(11)7-13-8(14-15-7)9(12)4-2-1-3-5-9/h6H,1-5,12H2. The van der Waals surface area contributed by atoms with Gasteiger partial charge in [0.2, 0.25) is 0 Å². The number of rotatable bonds is 2. The molecule has 15 heavy (non-hydrogen) atoms. The van der Waals surface area contributed by atoms with Gasteiger partial charge in [0.05, 0.1) is 5.54 Å². The van der Waals surface area contributed by atoms with Crippen molar-refractivity contribution in [1.82, 2.24) is 10.1 Å². The van der Waals surface area contributed by atoms with Gasteiger partial charge >= 0.3 is 6.43 Å². The molecular formula is C9H13F2N3O. The highest BCUT2D eigenvalue weighted by Crippen LogP contribution is 2.33. The third-order valence-electron chi connectivity index (χ3n) is 2.82. The maximum absolute atomic E-state index is 12.2. The first-order valence-electron chi connectivity index (χ1n) is 5.03. The molecule has 2 N–H and O–H groups in total. The Morgan fingerprint density at radius 1 is 1.27 bits per heavy atom. The third-order valence-corrected chi connectivity index (χ3v) is 2.82. The number of hydrogen-bond donors (Lipinski definition) is 1. The van der Waals surface area contributed by atoms with Gasteiger partial charge < -0.3 is 10.3 Å². The van der Waals surface area contributed by atoms with Crippen LogP contribution in [0.15, 0.2) is 4.52 Å². The first kappa shape index (κ1) is 10.5. The van der Waals surface area contributed by atoms with E-state index in [0.29, 0.717) is 0 Å². The summed E-state index contributed by atoms with van der Waals surface area (Å²) in [6.07, 6.45) is 1.82. The van der Waals surface area contributed by atoms with Gasteiger partial charge in [-0.1, -0.05) is 24.4 Å². The van der Waals surface area contributed by atoms with E-state index in [9.17, 15) is 8.78 Å². The first-order valence-corrected chi connectivity index (χ1v) is 5.03. The molecule has 4 nitrogen and oxygen atoms in total. The number of nitrogens with two attached hydrogens (primary N) is 1. The van der Waals surface area contributed by atoms with E-state index in [-0.39, 0.29) is 5.82 Å². The molecule has 0 spiro atoms. The van der Waals surface area contributed by atoms with Gasteiger partial charge in [0.1, 0.15) is 0 Å². The van der Waals surface area contributed by atoms with Crippen molar-refractivity contribution in [2.75, 3.05) is 0 Å². The van der Waals surface area contributed by atoms with Crippen molar-refractivity contribution in [2.24, 2.45) is 5.73 Å². The van der Waals surface area contributed by atoms with Crippen molar-refractivity contribution in [1.29, 1.82) is 0 Å². The molecule has 1 saturated carbocycles. The summed E-state index contributed by atoms with van der Waals surface area (Å²) in [4.78, 5) is 3.65. The number of nitrogens with zero attached hydrogens (tertiary/aromatic N) is 2. The lowest BCUT2D eigenvalue weighted by Gasteiger charge is -2.29. The summed E-state index contributed by atoms with van der Waals surface area (Å²) in [5, 5.41) is 3.54. The first-order chi connectivity index (χ1) is 7.12. The Bertz CT molecular complexity index is 334. The smallest absolute Gasteiger partial charge is 0.315 e. The molecule has 0 saturated heterocycles. The topological polar surface area (TPSA) is 64.9 Å². The molecular weight excluding hydrogens is 204 g/mol. The molecule has 1 fully saturated rings. The van der Waals surface area contributed by atoms with E-state index in [1.54, 1.807) is 0 Å². The molecule has 0 aliphatic heterocycles. The van der Waals surface area contributed by atoms with E-state index >= 15 is 0 Å². The van der Waals surface area contributed by atoms with Crippen LogP contribution in [0.3, 0.4) is 0 Å². The zero-order valence-electron chi connectivity index (χ0n) is 8.25. The fraction of sp³-hybridized carbons (Fsp3) is 0.778. The minimum Gasteiger partial charge on any atom is -0.333 e. The predicted octanol–water partition coefficient (Wildman–Crippen LogP) is 2.13. The Kier molecular flexibility index (Phi) is 2.68. The Balaban J connectivity index is 2.20. The van der Waals surface area contributed by atoms with Crippen molar-refractivity contribution in [3.63, 3.8) is 0 Å². The average molecular weight is 217 g/mol. The third kappa shape index (κ3) is 1.99. The molecule has 1 heterocycles. The maximum atomic E-state index is 12.2. The van der Waals surface area contributed by atoms with Gasteiger partial charge in [-0.25, -0.2) is 0 Å². The van der Waals surface area contributed by atoms with Crippen molar-refractivity contribution in [2.45, 2.75) is 44.1 Å². The fourth-order valence-electron chi connectivity index (χ4n) is 1.93. The Hall–Kier alpha value is -1.04. The summed E-state index contributed by atoms with van der Waals surface area (Å²) >= 11 is 0. The van der Waals surface area contributed by atoms with E-state index in [1.807, 2.05) is 0 Å². The van der Waals surface area contributed by atoms with Crippen LogP contribution in [0.4, 0.5) is 8.78 Å². The Morgan fingerprint density at radius 2 is 1.93 bits per heavy atom. The second-order valence-electron chi connectivity index (χ2n) is 3.97. The average Bonchev–Trinajstić information content (AvgIpc) is 2.68. The number of alkyl halides is 2. The molecule has 0 aromatic carbocycles. The van der Waals surface area contributed by atoms with Crippen LogP contribution in [-0.4, -0.2) is 10.1 Å². The molecule has 0 bridgehead atoms. The van der Waals surface area contributed by atoms with E-state index in [0.717, 1.165) is 32.1 Å². The molecule has 6 heteroatoms. The minimum atomic E-state index is -2.72. The second kappa shape index (κ2) is 3.84. The Labute approximate surface area is 85.8 Å². The molecule has 2 rings (SSSR count). The van der Waals surface area contributed by atoms with E-state index in [2.05, 4.69) is 14.7 Å². The summed E-state index contributed by atoms with van der Waals surface area (Å²) in [5.74, 6) is -0.419. The molecule has 1 aliphatic carbocycles. The Morgan fingerprint density at radius 3 is 2.47 bits per heavy atom. The highest BCUT2D eigenvalue weighted by Gasteiger charge is 2.35. The highest BCUT2D eigenvalue weighted by atomic mass is 19.3. The minimum absolute atomic E-state index is 0.220. The lowest BCUT2D eigenvalue weighted by Crippen LogP contribution is -2.39. The van der Waals surface area contributed by atoms with Crippen LogP contribution in [0, 0.1) is 0 Å². The normalized spacial score (nSPS) is 20.8. The number of aromatic nitrogens is 2. The van der Waals surface area contributed by atoms with Crippen molar-refractivity contribution >= 4 is 0 Å². The quantitative estimate of drug-likeness (QED) is 0.824. The van der Waals surface area contributed by atoms with Crippen molar-refractivity contribution in [3.8, 4) is 0 Å². The molecule has 1 aromatic heterocycles. The van der Waals surface area contributed by atoms with Gasteiger partial charge in [0.25, 0.3) is 5.89 Å². The van der Waals surface area contributed by atoms with Crippen LogP contribution >= 0.6 is 0 Å². The van der Waals surface area contributed by atoms with Gasteiger partial charge in [0.15, 0.2) is 5.82 Å². The van der Waals surface area contributed by atoms with Crippen LogP contribution in [0.1, 0.15) is 50.2 Å². The summed E-state index contributed by atoms with van der Waals surface area (Å²) in [7, 11) is 0. The molecule has 0 radical (unpaired) electrons. The molecule has 0 amide bonds. The van der Waals surface area contributed by atoms with Gasteiger partial charge in [0, 0.05) is 0 Å². The molecule has 0 atom stereocenters. The largest absolute Gasteiger partial charge is 0.333 e. The summed E-state index contributed by atoms with van der Waals surface area (Å²) in [6, 6.07) is 0. The van der Waals surface area contributed by atoms with E-state index in [4.69, 9.17) is 5.73 Å². The summed E-state index contributed by atoms with van der Waals surface area (Å²) < 4.78 is 28.9. The van der Waals surface area contributed by atoms with Gasteiger partial charge in [-0.15, -0.1) is 0 Å². The van der Waals surface area contributed by atoms with E-state index < -0.39 is 17.9 Å². The SMILES string of the molecule is NC1(c2noc(C(F)F)n2)CCCCC1. The van der Waals surface area contributed by atoms with Gasteiger partial charge in [-0.2, -0.15) is 13.8 Å². The van der Waals surface area contributed by atoms with Gasteiger partial charge in [-0.05, 0) is 12.8 Å². The lowest BCUT2D eigenvalue weighted by atomic mass is 9.82. The zero-order chi connectivity index (χ0) is 10.9. The lowest BCUT2D eigenvalue weighted by molar-refractivity contribution is 0.106. The van der Waals surface area contributed by atoms with Gasteiger partial charge in [-0.3, -0.25) is 0 Å². The second-order valence-corrected chi connectivity index (χ2v) is 3.97. The van der Waals surface area contributed by atoms with Crippen LogP contribution < -0.4 is 5.73 Å². The van der Waals surface area contributed by atoms with Crippen molar-refractivity contribution < 1.29 is 13.3 Å². The predicted molar refractivity (Wildman–Crippen MR) is 48.2 cm³/mol. The monoisotopic (exact) mass is 217 g/mol. The van der Waals surface area contributed by atoms with Crippen LogP contribution in [-0.2, 0) is 5.54 Å². The van der Waals surface area contributed by atoms with Crippen molar-refractivity contribution in [3.05, 3.63) is 11.7 Å². The maximum Gasteiger partial charge on any atom is 0.315 e. The summed E-state index contributed by atoms with van der Waals surface area (Å²) in [5.41, 5.74) is 5.39. The number of halogens is 2. The molecule has 84 valence electrons. The number of hydrogen-bond acceptors (Lipinski definition) is 4. The van der Waals surface area contributed by atoms with Crippen LogP contribution in [0.5, 0.6) is 0 Å². The highest BCUT2D eigenvalue weighted by molar-refractivity contribution is 5.05. The van der Waals surface area contributed by atoms with Crippen LogP contribution in [0.25, 0.3) is 0 Å². The molecule has 1 aliphatic rings.